The third-order valence-corrected chi connectivity index (χ3v) is 8.12. The highest BCUT2D eigenvalue weighted by atomic mass is 31.0. The number of hydrogen-bond donors (Lipinski definition) is 2. The minimum Gasteiger partial charge on any atom is -0.447 e. The number of amides is 3. The van der Waals surface area contributed by atoms with Crippen LogP contribution in [-0.2, 0) is 14.3 Å². The van der Waals surface area contributed by atoms with Crippen molar-refractivity contribution in [2.45, 2.75) is 64.5 Å². The molecule has 4 rings (SSSR count). The van der Waals surface area contributed by atoms with Gasteiger partial charge in [0, 0.05) is 49.2 Å². The summed E-state index contributed by atoms with van der Waals surface area (Å²) in [7, 11) is 4.49. The van der Waals surface area contributed by atoms with Crippen LogP contribution in [-0.4, -0.2) is 50.2 Å². The standard InChI is InChI=1S/C30H38FN4O4P/c1-17-6-10-25(18(2)12-17)34(5)19(3)7-8-20(4)39-30(38)32-21-15-35(16-21)22-13-24(31)28(26(40)14-22)23-9-11-27(36)33-29(23)37/h6,10,12-14,20-21,23H,3,7-9,11,15-16,40H2,1-2,4-5H3,(H,32,38)(H,33,36,37). The van der Waals surface area contributed by atoms with Crippen molar-refractivity contribution in [2.24, 2.45) is 0 Å². The molecule has 214 valence electrons. The van der Waals surface area contributed by atoms with Crippen molar-refractivity contribution in [3.8, 4) is 0 Å². The molecular formula is C30H38FN4O4P. The monoisotopic (exact) mass is 568 g/mol. The Labute approximate surface area is 237 Å². The maximum absolute atomic E-state index is 15.0. The number of alkyl carbamates (subject to hydrolysis) is 1. The van der Waals surface area contributed by atoms with Gasteiger partial charge in [0.2, 0.25) is 11.8 Å². The van der Waals surface area contributed by atoms with Gasteiger partial charge in [0.25, 0.3) is 0 Å². The third kappa shape index (κ3) is 6.81. The number of ether oxygens (including phenoxy) is 1. The smallest absolute Gasteiger partial charge is 0.407 e. The zero-order valence-corrected chi connectivity index (χ0v) is 24.7. The number of aryl methyl sites for hydroxylation is 2. The van der Waals surface area contributed by atoms with Crippen LogP contribution in [0.2, 0.25) is 0 Å². The molecule has 2 heterocycles. The van der Waals surface area contributed by atoms with E-state index in [1.807, 2.05) is 24.9 Å². The zero-order chi connectivity index (χ0) is 29.1. The van der Waals surface area contributed by atoms with Crippen molar-refractivity contribution in [2.75, 3.05) is 29.9 Å². The first-order chi connectivity index (χ1) is 18.9. The molecule has 0 aliphatic carbocycles. The van der Waals surface area contributed by atoms with E-state index in [0.29, 0.717) is 42.5 Å². The highest BCUT2D eigenvalue weighted by Gasteiger charge is 2.34. The third-order valence-electron chi connectivity index (χ3n) is 7.64. The van der Waals surface area contributed by atoms with Crippen LogP contribution >= 0.6 is 9.24 Å². The second-order valence-corrected chi connectivity index (χ2v) is 11.5. The van der Waals surface area contributed by atoms with Gasteiger partial charge in [-0.1, -0.05) is 24.3 Å². The predicted molar refractivity (Wildman–Crippen MR) is 159 cm³/mol. The van der Waals surface area contributed by atoms with E-state index in [4.69, 9.17) is 4.74 Å². The lowest BCUT2D eigenvalue weighted by molar-refractivity contribution is -0.134. The molecule has 3 atom stereocenters. The van der Waals surface area contributed by atoms with E-state index < -0.39 is 23.7 Å². The fraction of sp³-hybridized carbons (Fsp3) is 0.433. The number of carbonyl (C=O) groups excluding carboxylic acids is 3. The van der Waals surface area contributed by atoms with E-state index in [1.54, 1.807) is 0 Å². The van der Waals surface area contributed by atoms with Gasteiger partial charge in [-0.3, -0.25) is 14.9 Å². The molecule has 0 radical (unpaired) electrons. The SMILES string of the molecule is C=C(CCC(C)OC(=O)NC1CN(c2cc(F)c(C3CCC(=O)NC3=O)c(P)c2)C1)N(C)c1ccc(C)cc1C. The molecule has 2 fully saturated rings. The average Bonchev–Trinajstić information content (AvgIpc) is 2.84. The molecule has 2 aliphatic heterocycles. The molecule has 2 saturated heterocycles. The number of imide groups is 1. The molecule has 0 saturated carbocycles. The second-order valence-electron chi connectivity index (χ2n) is 10.9. The Balaban J connectivity index is 1.22. The van der Waals surface area contributed by atoms with Crippen molar-refractivity contribution in [1.29, 1.82) is 0 Å². The van der Waals surface area contributed by atoms with Gasteiger partial charge in [0.1, 0.15) is 11.9 Å². The van der Waals surface area contributed by atoms with Crippen LogP contribution in [0.3, 0.4) is 0 Å². The first kappa shape index (κ1) is 29.5. The summed E-state index contributed by atoms with van der Waals surface area (Å²) in [4.78, 5) is 40.1. The number of allylic oxidation sites excluding steroid dienone is 1. The van der Waals surface area contributed by atoms with Gasteiger partial charge in [-0.15, -0.1) is 9.24 Å². The van der Waals surface area contributed by atoms with Gasteiger partial charge >= 0.3 is 6.09 Å². The minimum atomic E-state index is -0.689. The van der Waals surface area contributed by atoms with Crippen molar-refractivity contribution in [3.63, 3.8) is 0 Å². The lowest BCUT2D eigenvalue weighted by Crippen LogP contribution is -2.59. The highest BCUT2D eigenvalue weighted by molar-refractivity contribution is 7.27. The predicted octanol–water partition coefficient (Wildman–Crippen LogP) is 4.20. The minimum absolute atomic E-state index is 0.115. The van der Waals surface area contributed by atoms with Gasteiger partial charge in [0.15, 0.2) is 0 Å². The van der Waals surface area contributed by atoms with Crippen LogP contribution in [0.25, 0.3) is 0 Å². The van der Waals surface area contributed by atoms with Crippen molar-refractivity contribution in [3.05, 3.63) is 65.1 Å². The van der Waals surface area contributed by atoms with Gasteiger partial charge in [-0.25, -0.2) is 9.18 Å². The van der Waals surface area contributed by atoms with Crippen LogP contribution in [0.1, 0.15) is 55.2 Å². The van der Waals surface area contributed by atoms with Crippen LogP contribution in [0.15, 0.2) is 42.6 Å². The van der Waals surface area contributed by atoms with Gasteiger partial charge < -0.3 is 19.9 Å². The summed E-state index contributed by atoms with van der Waals surface area (Å²) in [5.74, 6) is -1.97. The van der Waals surface area contributed by atoms with Crippen LogP contribution in [0, 0.1) is 19.7 Å². The van der Waals surface area contributed by atoms with E-state index in [2.05, 4.69) is 63.4 Å². The highest BCUT2D eigenvalue weighted by Crippen LogP contribution is 2.31. The fourth-order valence-corrected chi connectivity index (χ4v) is 5.77. The summed E-state index contributed by atoms with van der Waals surface area (Å²) in [5, 5.41) is 5.75. The Morgan fingerprint density at radius 3 is 2.65 bits per heavy atom. The molecule has 0 spiro atoms. The maximum Gasteiger partial charge on any atom is 0.407 e. The van der Waals surface area contributed by atoms with Gasteiger partial charge in [-0.2, -0.15) is 0 Å². The molecule has 2 N–H and O–H groups in total. The summed E-state index contributed by atoms with van der Waals surface area (Å²) in [6.07, 6.45) is 1.05. The van der Waals surface area contributed by atoms with E-state index in [9.17, 15) is 14.4 Å². The van der Waals surface area contributed by atoms with Crippen molar-refractivity contribution >= 4 is 43.8 Å². The maximum atomic E-state index is 15.0. The van der Waals surface area contributed by atoms with E-state index >= 15 is 4.39 Å². The van der Waals surface area contributed by atoms with Crippen LogP contribution in [0.5, 0.6) is 0 Å². The Bertz CT molecular complexity index is 1300. The number of anilines is 2. The molecule has 2 aromatic rings. The molecule has 3 amide bonds. The lowest BCUT2D eigenvalue weighted by Gasteiger charge is -2.41. The first-order valence-electron chi connectivity index (χ1n) is 13.6. The number of halogens is 1. The topological polar surface area (TPSA) is 91.0 Å². The first-order valence-corrected chi connectivity index (χ1v) is 14.1. The molecule has 10 heteroatoms. The Hall–Kier alpha value is -3.45. The molecule has 40 heavy (non-hydrogen) atoms. The normalized spacial score (nSPS) is 18.1. The van der Waals surface area contributed by atoms with E-state index in [-0.39, 0.29) is 30.9 Å². The Kier molecular flexibility index (Phi) is 9.14. The summed E-state index contributed by atoms with van der Waals surface area (Å²) >= 11 is 0. The molecule has 8 nitrogen and oxygen atoms in total. The average molecular weight is 569 g/mol. The molecular weight excluding hydrogens is 530 g/mol. The summed E-state index contributed by atoms with van der Waals surface area (Å²) < 4.78 is 20.6. The van der Waals surface area contributed by atoms with E-state index in [1.165, 1.54) is 17.2 Å². The molecule has 0 aromatic heterocycles. The van der Waals surface area contributed by atoms with Crippen molar-refractivity contribution < 1.29 is 23.5 Å². The number of piperidine rings is 1. The number of nitrogens with zero attached hydrogens (tertiary/aromatic N) is 2. The van der Waals surface area contributed by atoms with Gasteiger partial charge in [-0.05, 0) is 69.1 Å². The Morgan fingerprint density at radius 1 is 1.27 bits per heavy atom. The molecule has 2 aromatic carbocycles. The van der Waals surface area contributed by atoms with Crippen molar-refractivity contribution in [1.82, 2.24) is 10.6 Å². The molecule has 2 aliphatic rings. The molecule has 0 bridgehead atoms. The number of hydrogen-bond acceptors (Lipinski definition) is 6. The number of carbonyl (C=O) groups is 3. The summed E-state index contributed by atoms with van der Waals surface area (Å²) in [6.45, 7) is 11.3. The van der Waals surface area contributed by atoms with Crippen LogP contribution in [0.4, 0.5) is 20.6 Å². The quantitative estimate of drug-likeness (QED) is 0.348. The molecule has 3 unspecified atom stereocenters. The van der Waals surface area contributed by atoms with Crippen LogP contribution < -0.4 is 25.7 Å². The summed E-state index contributed by atoms with van der Waals surface area (Å²) in [6, 6.07) is 9.42. The summed E-state index contributed by atoms with van der Waals surface area (Å²) in [5.41, 5.74) is 5.42. The van der Waals surface area contributed by atoms with E-state index in [0.717, 1.165) is 11.4 Å². The number of benzene rings is 2. The number of nitrogens with one attached hydrogen (secondary N) is 2. The van der Waals surface area contributed by atoms with Gasteiger partial charge in [0.05, 0.1) is 12.0 Å². The Morgan fingerprint density at radius 2 is 2.00 bits per heavy atom. The largest absolute Gasteiger partial charge is 0.447 e. The lowest BCUT2D eigenvalue weighted by atomic mass is 9.89. The second kappa shape index (κ2) is 12.4. The zero-order valence-electron chi connectivity index (χ0n) is 23.6. The number of rotatable bonds is 9. The fourth-order valence-electron chi connectivity index (χ4n) is 5.26.